The molecule has 1 fully saturated rings. The lowest BCUT2D eigenvalue weighted by atomic mass is 10.0. The maximum Gasteiger partial charge on any atom is 0.227 e. The van der Waals surface area contributed by atoms with Crippen LogP contribution in [0.2, 0.25) is 0 Å². The smallest absolute Gasteiger partial charge is 0.227 e. The zero-order valence-corrected chi connectivity index (χ0v) is 10.4. The molecule has 0 aromatic heterocycles. The van der Waals surface area contributed by atoms with Gasteiger partial charge in [-0.15, -0.1) is 0 Å². The number of hydrogen-bond donors (Lipinski definition) is 2. The molecule has 0 aromatic rings. The molecule has 0 aromatic carbocycles. The molecule has 6 heteroatoms. The summed E-state index contributed by atoms with van der Waals surface area (Å²) in [5, 5.41) is 11.0. The molecule has 2 unspecified atom stereocenters. The highest BCUT2D eigenvalue weighted by Gasteiger charge is 2.24. The lowest BCUT2D eigenvalue weighted by molar-refractivity contribution is 0.375. The van der Waals surface area contributed by atoms with E-state index in [1.54, 1.807) is 6.92 Å². The third kappa shape index (κ3) is 3.74. The lowest BCUT2D eigenvalue weighted by Crippen LogP contribution is -2.41. The van der Waals surface area contributed by atoms with E-state index in [9.17, 15) is 8.42 Å². The topological polar surface area (TPSA) is 82.0 Å². The van der Waals surface area contributed by atoms with E-state index in [0.29, 0.717) is 18.9 Å². The first kappa shape index (κ1) is 13.4. The summed E-state index contributed by atoms with van der Waals surface area (Å²) in [6, 6.07) is 1.81. The van der Waals surface area contributed by atoms with Crippen molar-refractivity contribution in [3.05, 3.63) is 0 Å². The fourth-order valence-electron chi connectivity index (χ4n) is 1.81. The van der Waals surface area contributed by atoms with Crippen LogP contribution in [0.15, 0.2) is 0 Å². The molecule has 0 saturated carbocycles. The molecular formula is C10H19N3O2S. The van der Waals surface area contributed by atoms with Gasteiger partial charge in [-0.3, -0.25) is 0 Å². The Kier molecular flexibility index (Phi) is 5.19. The first-order chi connectivity index (χ1) is 7.60. The van der Waals surface area contributed by atoms with Crippen molar-refractivity contribution in [3.8, 4) is 6.07 Å². The fourth-order valence-corrected chi connectivity index (χ4v) is 3.06. The minimum atomic E-state index is -3.46. The van der Waals surface area contributed by atoms with E-state index in [-0.39, 0.29) is 0 Å². The summed E-state index contributed by atoms with van der Waals surface area (Å²) in [7, 11) is -3.46. The lowest BCUT2D eigenvalue weighted by Gasteiger charge is -2.23. The van der Waals surface area contributed by atoms with Crippen LogP contribution in [0.25, 0.3) is 0 Å². The highest BCUT2D eigenvalue weighted by atomic mass is 32.2. The van der Waals surface area contributed by atoms with Crippen molar-refractivity contribution < 1.29 is 8.42 Å². The maximum atomic E-state index is 11.7. The molecule has 0 radical (unpaired) electrons. The monoisotopic (exact) mass is 245 g/mol. The average molecular weight is 245 g/mol. The van der Waals surface area contributed by atoms with Crippen LogP contribution in [-0.2, 0) is 10.0 Å². The first-order valence-electron chi connectivity index (χ1n) is 5.69. The van der Waals surface area contributed by atoms with Gasteiger partial charge in [0.1, 0.15) is 0 Å². The van der Waals surface area contributed by atoms with Gasteiger partial charge in [-0.25, -0.2) is 13.1 Å². The first-order valence-corrected chi connectivity index (χ1v) is 7.23. The number of nitrogens with one attached hydrogen (secondary N) is 2. The molecular weight excluding hydrogens is 226 g/mol. The van der Waals surface area contributed by atoms with Crippen LogP contribution < -0.4 is 10.0 Å². The number of rotatable bonds is 5. The van der Waals surface area contributed by atoms with Gasteiger partial charge in [0, 0.05) is 6.54 Å². The molecule has 2 atom stereocenters. The zero-order valence-electron chi connectivity index (χ0n) is 9.57. The fraction of sp³-hybridized carbons (Fsp3) is 0.900. The summed E-state index contributed by atoms with van der Waals surface area (Å²) in [5.41, 5.74) is 0. The van der Waals surface area contributed by atoms with Gasteiger partial charge >= 0.3 is 0 Å². The van der Waals surface area contributed by atoms with E-state index < -0.39 is 15.3 Å². The summed E-state index contributed by atoms with van der Waals surface area (Å²) in [6.45, 7) is 4.01. The second-order valence-corrected chi connectivity index (χ2v) is 6.08. The predicted molar refractivity (Wildman–Crippen MR) is 62.2 cm³/mol. The second kappa shape index (κ2) is 6.18. The number of nitriles is 1. The van der Waals surface area contributed by atoms with Crippen LogP contribution >= 0.6 is 0 Å². The van der Waals surface area contributed by atoms with Crippen LogP contribution in [0.1, 0.15) is 26.2 Å². The van der Waals surface area contributed by atoms with Gasteiger partial charge in [0.15, 0.2) is 5.25 Å². The highest BCUT2D eigenvalue weighted by Crippen LogP contribution is 2.10. The Morgan fingerprint density at radius 1 is 1.62 bits per heavy atom. The minimum absolute atomic E-state index is 0.328. The summed E-state index contributed by atoms with van der Waals surface area (Å²) < 4.78 is 25.9. The van der Waals surface area contributed by atoms with Gasteiger partial charge in [0.05, 0.1) is 6.07 Å². The van der Waals surface area contributed by atoms with E-state index in [1.807, 2.05) is 6.07 Å². The van der Waals surface area contributed by atoms with Gasteiger partial charge < -0.3 is 5.32 Å². The Hall–Kier alpha value is -0.640. The molecule has 0 aliphatic carbocycles. The van der Waals surface area contributed by atoms with Crippen molar-refractivity contribution in [2.75, 3.05) is 19.6 Å². The summed E-state index contributed by atoms with van der Waals surface area (Å²) in [5.74, 6) is 0.347. The van der Waals surface area contributed by atoms with Crippen molar-refractivity contribution in [1.82, 2.24) is 10.0 Å². The molecule has 16 heavy (non-hydrogen) atoms. The van der Waals surface area contributed by atoms with Gasteiger partial charge in [-0.05, 0) is 38.3 Å². The number of sulfonamides is 1. The molecule has 0 amide bonds. The zero-order chi connectivity index (χ0) is 12.0. The van der Waals surface area contributed by atoms with Crippen molar-refractivity contribution in [2.24, 2.45) is 5.92 Å². The second-order valence-electron chi connectivity index (χ2n) is 4.13. The van der Waals surface area contributed by atoms with Crippen molar-refractivity contribution in [3.63, 3.8) is 0 Å². The largest absolute Gasteiger partial charge is 0.316 e. The van der Waals surface area contributed by atoms with Gasteiger partial charge in [-0.2, -0.15) is 5.26 Å². The molecule has 92 valence electrons. The van der Waals surface area contributed by atoms with Crippen LogP contribution in [0.4, 0.5) is 0 Å². The summed E-state index contributed by atoms with van der Waals surface area (Å²) in [6.07, 6.45) is 2.45. The highest BCUT2D eigenvalue weighted by molar-refractivity contribution is 7.90. The molecule has 1 heterocycles. The van der Waals surface area contributed by atoms with Gasteiger partial charge in [-0.1, -0.05) is 6.92 Å². The van der Waals surface area contributed by atoms with Crippen molar-refractivity contribution >= 4 is 10.0 Å². The quantitative estimate of drug-likeness (QED) is 0.725. The SMILES string of the molecule is CCC(C#N)S(=O)(=O)NCC1CCCNC1. The van der Waals surface area contributed by atoms with Crippen LogP contribution in [0.3, 0.4) is 0 Å². The molecule has 1 aliphatic rings. The molecule has 2 N–H and O–H groups in total. The third-order valence-electron chi connectivity index (χ3n) is 2.86. The molecule has 1 saturated heterocycles. The van der Waals surface area contributed by atoms with E-state index >= 15 is 0 Å². The molecule has 0 spiro atoms. The third-order valence-corrected chi connectivity index (χ3v) is 4.62. The Balaban J connectivity index is 2.44. The number of hydrogen-bond acceptors (Lipinski definition) is 4. The predicted octanol–water partition coefficient (Wildman–Crippen LogP) is 0.208. The van der Waals surface area contributed by atoms with Crippen LogP contribution in [-0.4, -0.2) is 33.3 Å². The van der Waals surface area contributed by atoms with E-state index in [0.717, 1.165) is 25.9 Å². The minimum Gasteiger partial charge on any atom is -0.316 e. The molecule has 5 nitrogen and oxygen atoms in total. The molecule has 1 rings (SSSR count). The molecule has 0 bridgehead atoms. The van der Waals surface area contributed by atoms with E-state index in [4.69, 9.17) is 5.26 Å². The average Bonchev–Trinajstić information content (AvgIpc) is 2.29. The normalized spacial score (nSPS) is 23.6. The number of nitrogens with zero attached hydrogens (tertiary/aromatic N) is 1. The van der Waals surface area contributed by atoms with E-state index in [1.165, 1.54) is 0 Å². The Bertz CT molecular complexity index is 342. The Morgan fingerprint density at radius 3 is 2.88 bits per heavy atom. The standard InChI is InChI=1S/C10H19N3O2S/c1-2-10(6-11)16(14,15)13-8-9-4-3-5-12-7-9/h9-10,12-13H,2-5,7-8H2,1H3. The van der Waals surface area contributed by atoms with Gasteiger partial charge in [0.2, 0.25) is 10.0 Å². The Morgan fingerprint density at radius 2 is 2.38 bits per heavy atom. The van der Waals surface area contributed by atoms with Crippen molar-refractivity contribution in [2.45, 2.75) is 31.4 Å². The van der Waals surface area contributed by atoms with Crippen LogP contribution in [0.5, 0.6) is 0 Å². The van der Waals surface area contributed by atoms with Gasteiger partial charge in [0.25, 0.3) is 0 Å². The molecule has 1 aliphatic heterocycles. The van der Waals surface area contributed by atoms with Crippen molar-refractivity contribution in [1.29, 1.82) is 5.26 Å². The Labute approximate surface area is 97.3 Å². The van der Waals surface area contributed by atoms with Crippen LogP contribution in [0, 0.1) is 17.2 Å². The summed E-state index contributed by atoms with van der Waals surface area (Å²) in [4.78, 5) is 0. The maximum absolute atomic E-state index is 11.7. The van der Waals surface area contributed by atoms with E-state index in [2.05, 4.69) is 10.0 Å². The number of piperidine rings is 1. The summed E-state index contributed by atoms with van der Waals surface area (Å²) >= 11 is 0.